The van der Waals surface area contributed by atoms with Crippen LogP contribution in [-0.4, -0.2) is 59.3 Å². The maximum atomic E-state index is 11.9. The number of hydrogen-bond donors (Lipinski definition) is 1. The van der Waals surface area contributed by atoms with E-state index in [0.29, 0.717) is 13.2 Å². The molecule has 1 N–H and O–H groups in total. The lowest BCUT2D eigenvalue weighted by Gasteiger charge is -2.26. The van der Waals surface area contributed by atoms with E-state index in [4.69, 9.17) is 4.74 Å². The summed E-state index contributed by atoms with van der Waals surface area (Å²) in [6, 6.07) is 18.4. The van der Waals surface area contributed by atoms with Crippen molar-refractivity contribution in [1.82, 2.24) is 20.0 Å². The van der Waals surface area contributed by atoms with Crippen molar-refractivity contribution >= 4 is 11.9 Å². The van der Waals surface area contributed by atoms with Crippen molar-refractivity contribution in [1.29, 1.82) is 0 Å². The van der Waals surface area contributed by atoms with Gasteiger partial charge in [-0.3, -0.25) is 14.4 Å². The van der Waals surface area contributed by atoms with E-state index < -0.39 is 0 Å². The fraction of sp³-hybridized carbons (Fsp3) is 0.419. The van der Waals surface area contributed by atoms with Crippen molar-refractivity contribution in [2.24, 2.45) is 0 Å². The lowest BCUT2D eigenvalue weighted by atomic mass is 10.1. The topological polar surface area (TPSA) is 93.5 Å². The Kier molecular flexibility index (Phi) is 11.9. The number of aryl methyl sites for hydroxylation is 2. The second-order valence-corrected chi connectivity index (χ2v) is 9.80. The first kappa shape index (κ1) is 29.8. The minimum absolute atomic E-state index is 0.0343. The summed E-state index contributed by atoms with van der Waals surface area (Å²) < 4.78 is 6.35. The van der Waals surface area contributed by atoms with Gasteiger partial charge in [-0.25, -0.2) is 4.68 Å². The van der Waals surface area contributed by atoms with E-state index >= 15 is 0 Å². The summed E-state index contributed by atoms with van der Waals surface area (Å²) in [5.41, 5.74) is 4.37. The number of nitrogens with zero attached hydrogens (tertiary/aromatic N) is 3. The number of carbonyl (C=O) groups is 2. The van der Waals surface area contributed by atoms with Gasteiger partial charge in [0.15, 0.2) is 0 Å². The predicted molar refractivity (Wildman–Crippen MR) is 153 cm³/mol. The van der Waals surface area contributed by atoms with Gasteiger partial charge in [0.1, 0.15) is 0 Å². The fourth-order valence-corrected chi connectivity index (χ4v) is 4.37. The number of likely N-dealkylation sites (tertiary alicyclic amines) is 1. The van der Waals surface area contributed by atoms with Crippen LogP contribution in [0, 0.1) is 13.8 Å². The summed E-state index contributed by atoms with van der Waals surface area (Å²) in [7, 11) is 0. The van der Waals surface area contributed by atoms with Gasteiger partial charge < -0.3 is 15.0 Å². The zero-order chi connectivity index (χ0) is 28.0. The first-order valence-corrected chi connectivity index (χ1v) is 13.7. The molecule has 2 aromatic carbocycles. The lowest BCUT2D eigenvalue weighted by Crippen LogP contribution is -2.37. The van der Waals surface area contributed by atoms with Gasteiger partial charge in [0.05, 0.1) is 25.3 Å². The van der Waals surface area contributed by atoms with Crippen LogP contribution in [0.4, 0.5) is 0 Å². The molecular weight excluding hydrogens is 492 g/mol. The second kappa shape index (κ2) is 15.6. The molecular formula is C31H40N4O4. The Balaban J connectivity index is 0.000000218. The zero-order valence-corrected chi connectivity index (χ0v) is 23.3. The van der Waals surface area contributed by atoms with E-state index in [1.807, 2.05) is 62.4 Å². The number of hydrogen-bond acceptors (Lipinski definition) is 6. The summed E-state index contributed by atoms with van der Waals surface area (Å²) in [5, 5.41) is 7.19. The van der Waals surface area contributed by atoms with Gasteiger partial charge in [-0.1, -0.05) is 48.4 Å². The van der Waals surface area contributed by atoms with Crippen LogP contribution in [0.2, 0.25) is 0 Å². The smallest absolute Gasteiger partial charge is 0.310 e. The molecule has 0 aliphatic carbocycles. The molecule has 0 unspecified atom stereocenters. The van der Waals surface area contributed by atoms with Crippen LogP contribution in [-0.2, 0) is 22.5 Å². The van der Waals surface area contributed by atoms with Crippen molar-refractivity contribution in [2.45, 2.75) is 53.0 Å². The lowest BCUT2D eigenvalue weighted by molar-refractivity contribution is -0.142. The van der Waals surface area contributed by atoms with Gasteiger partial charge in [-0.05, 0) is 76.0 Å². The average Bonchev–Trinajstić information content (AvgIpc) is 2.92. The third kappa shape index (κ3) is 10.5. The maximum absolute atomic E-state index is 11.9. The van der Waals surface area contributed by atoms with Gasteiger partial charge in [0.2, 0.25) is 0 Å². The molecule has 1 amide bonds. The van der Waals surface area contributed by atoms with Crippen molar-refractivity contribution in [3.8, 4) is 0 Å². The molecule has 1 aliphatic rings. The third-order valence-corrected chi connectivity index (χ3v) is 6.45. The third-order valence-electron chi connectivity index (χ3n) is 6.45. The molecule has 1 saturated heterocycles. The highest BCUT2D eigenvalue weighted by Crippen LogP contribution is 2.09. The van der Waals surface area contributed by atoms with Crippen LogP contribution in [0.1, 0.15) is 58.9 Å². The number of aromatic nitrogens is 2. The van der Waals surface area contributed by atoms with E-state index in [-0.39, 0.29) is 23.9 Å². The Morgan fingerprint density at radius 2 is 1.67 bits per heavy atom. The fourth-order valence-electron chi connectivity index (χ4n) is 4.37. The Hall–Kier alpha value is -3.78. The van der Waals surface area contributed by atoms with E-state index in [1.54, 1.807) is 13.0 Å². The standard InChI is InChI=1S/C16H18N2O3.C15H22N2O/c1-3-21-16(20)10-13-5-4-6-14(9-13)11-18-15(19)8-7-12(2)17-18;1-13-5-7-14(8-6-13)15(18)16-9-12-17-10-3-2-4-11-17/h4-9H,3,10-11H2,1-2H3;5-8H,2-4,9-12H2,1H3,(H,16,18). The van der Waals surface area contributed by atoms with Gasteiger partial charge >= 0.3 is 5.97 Å². The van der Waals surface area contributed by atoms with Crippen LogP contribution in [0.3, 0.4) is 0 Å². The van der Waals surface area contributed by atoms with Crippen molar-refractivity contribution in [2.75, 3.05) is 32.8 Å². The molecule has 8 heteroatoms. The summed E-state index contributed by atoms with van der Waals surface area (Å²) in [6.45, 7) is 10.5. The van der Waals surface area contributed by atoms with E-state index in [0.717, 1.165) is 35.5 Å². The average molecular weight is 533 g/mol. The first-order chi connectivity index (χ1) is 18.8. The molecule has 0 saturated carbocycles. The van der Waals surface area contributed by atoms with Crippen LogP contribution < -0.4 is 10.9 Å². The predicted octanol–water partition coefficient (Wildman–Crippen LogP) is 3.92. The molecule has 0 spiro atoms. The summed E-state index contributed by atoms with van der Waals surface area (Å²) >= 11 is 0. The summed E-state index contributed by atoms with van der Waals surface area (Å²) in [6.07, 6.45) is 4.18. The van der Waals surface area contributed by atoms with Gasteiger partial charge in [-0.2, -0.15) is 5.10 Å². The Morgan fingerprint density at radius 1 is 0.949 bits per heavy atom. The number of esters is 1. The number of rotatable bonds is 9. The molecule has 0 radical (unpaired) electrons. The Labute approximate surface area is 231 Å². The normalized spacial score (nSPS) is 13.2. The Bertz CT molecular complexity index is 1260. The van der Waals surface area contributed by atoms with Crippen molar-refractivity contribution in [3.63, 3.8) is 0 Å². The van der Waals surface area contributed by atoms with E-state index in [2.05, 4.69) is 15.3 Å². The number of benzene rings is 2. The minimum Gasteiger partial charge on any atom is -0.466 e. The largest absolute Gasteiger partial charge is 0.466 e. The number of amides is 1. The zero-order valence-electron chi connectivity index (χ0n) is 23.3. The van der Waals surface area contributed by atoms with Crippen LogP contribution in [0.15, 0.2) is 65.5 Å². The number of carbonyl (C=O) groups excluding carboxylic acids is 2. The monoisotopic (exact) mass is 532 g/mol. The summed E-state index contributed by atoms with van der Waals surface area (Å²) in [5.74, 6) is -0.215. The van der Waals surface area contributed by atoms with Crippen molar-refractivity contribution in [3.05, 3.63) is 99.0 Å². The highest BCUT2D eigenvalue weighted by Gasteiger charge is 2.10. The SMILES string of the molecule is CCOC(=O)Cc1cccc(Cn2nc(C)ccc2=O)c1.Cc1ccc(C(=O)NCCN2CCCCC2)cc1. The molecule has 39 heavy (non-hydrogen) atoms. The Morgan fingerprint density at radius 3 is 2.38 bits per heavy atom. The number of ether oxygens (including phenoxy) is 1. The van der Waals surface area contributed by atoms with Gasteiger partial charge in [0, 0.05) is 24.7 Å². The highest BCUT2D eigenvalue weighted by atomic mass is 16.5. The van der Waals surface area contributed by atoms with E-state index in [1.165, 1.54) is 48.7 Å². The number of piperidine rings is 1. The molecule has 4 rings (SSSR count). The maximum Gasteiger partial charge on any atom is 0.310 e. The molecule has 8 nitrogen and oxygen atoms in total. The second-order valence-electron chi connectivity index (χ2n) is 9.80. The van der Waals surface area contributed by atoms with Crippen LogP contribution >= 0.6 is 0 Å². The first-order valence-electron chi connectivity index (χ1n) is 13.7. The molecule has 0 bridgehead atoms. The highest BCUT2D eigenvalue weighted by molar-refractivity contribution is 5.94. The van der Waals surface area contributed by atoms with Crippen LogP contribution in [0.5, 0.6) is 0 Å². The number of nitrogens with one attached hydrogen (secondary N) is 1. The minimum atomic E-state index is -0.250. The summed E-state index contributed by atoms with van der Waals surface area (Å²) in [4.78, 5) is 37.5. The molecule has 2 heterocycles. The van der Waals surface area contributed by atoms with Gasteiger partial charge in [0.25, 0.3) is 11.5 Å². The van der Waals surface area contributed by atoms with Crippen LogP contribution in [0.25, 0.3) is 0 Å². The molecule has 208 valence electrons. The molecule has 3 aromatic rings. The molecule has 0 atom stereocenters. The van der Waals surface area contributed by atoms with Gasteiger partial charge in [-0.15, -0.1) is 0 Å². The quantitative estimate of drug-likeness (QED) is 0.420. The van der Waals surface area contributed by atoms with E-state index in [9.17, 15) is 14.4 Å². The van der Waals surface area contributed by atoms with Crippen molar-refractivity contribution < 1.29 is 14.3 Å². The molecule has 1 aromatic heterocycles. The molecule has 1 aliphatic heterocycles. The molecule has 1 fully saturated rings.